The van der Waals surface area contributed by atoms with Crippen LogP contribution in [0.5, 0.6) is 0 Å². The van der Waals surface area contributed by atoms with Crippen LogP contribution in [0.25, 0.3) is 54.6 Å². The van der Waals surface area contributed by atoms with Crippen LogP contribution >= 0.6 is 0 Å². The minimum atomic E-state index is 0.00891. The molecule has 0 amide bonds. The van der Waals surface area contributed by atoms with Crippen LogP contribution in [-0.2, 0) is 5.41 Å². The lowest BCUT2D eigenvalue weighted by molar-refractivity contribution is 0.591. The van der Waals surface area contributed by atoms with Crippen LogP contribution in [0.3, 0.4) is 0 Å². The predicted molar refractivity (Wildman–Crippen MR) is 268 cm³/mol. The van der Waals surface area contributed by atoms with Crippen molar-refractivity contribution in [2.75, 3.05) is 9.80 Å². The molecule has 0 unspecified atom stereocenters. The minimum Gasteiger partial charge on any atom is -0.310 e. The van der Waals surface area contributed by atoms with Gasteiger partial charge in [-0.2, -0.15) is 0 Å². The average Bonchev–Trinajstić information content (AvgIpc) is 3.28. The van der Waals surface area contributed by atoms with Gasteiger partial charge in [0.15, 0.2) is 0 Å². The Morgan fingerprint density at radius 1 is 0.339 bits per heavy atom. The molecule has 0 spiro atoms. The van der Waals surface area contributed by atoms with Crippen molar-refractivity contribution >= 4 is 66.4 Å². The van der Waals surface area contributed by atoms with E-state index in [1.165, 1.54) is 82.4 Å². The van der Waals surface area contributed by atoms with Gasteiger partial charge < -0.3 is 9.80 Å². The van der Waals surface area contributed by atoms with Crippen LogP contribution in [0.15, 0.2) is 188 Å². The third-order valence-corrected chi connectivity index (χ3v) is 12.7. The Morgan fingerprint density at radius 2 is 0.742 bits per heavy atom. The van der Waals surface area contributed by atoms with Crippen molar-refractivity contribution in [1.82, 2.24) is 0 Å². The summed E-state index contributed by atoms with van der Waals surface area (Å²) in [5, 5.41) is 7.53. The average molecular weight is 801 g/mol. The first-order valence-corrected chi connectivity index (χ1v) is 21.8. The van der Waals surface area contributed by atoms with Gasteiger partial charge in [-0.25, -0.2) is 0 Å². The van der Waals surface area contributed by atoms with E-state index in [2.05, 4.69) is 246 Å². The summed E-state index contributed by atoms with van der Waals surface area (Å²) in [6, 6.07) is 70.2. The fourth-order valence-corrected chi connectivity index (χ4v) is 9.20. The molecule has 0 heterocycles. The van der Waals surface area contributed by atoms with Crippen LogP contribution in [0.1, 0.15) is 48.6 Å². The molecule has 0 atom stereocenters. The van der Waals surface area contributed by atoms with E-state index in [0.717, 1.165) is 34.1 Å². The SMILES string of the molecule is Cc1ccc(-c2ccc(C)c(N(c3ccccc3)c3cc(N(c4ccccc4)c4cc(-c5ccc(C)cc5)ccc4C)c4ccc5cc(C(C)(C)C)cc6ccc3c4c65)c2)cc1. The van der Waals surface area contributed by atoms with E-state index >= 15 is 0 Å². The molecule has 0 aliphatic heterocycles. The molecule has 302 valence electrons. The molecule has 10 aromatic rings. The molecular weight excluding hydrogens is 749 g/mol. The smallest absolute Gasteiger partial charge is 0.0561 e. The number of hydrogen-bond donors (Lipinski definition) is 0. The lowest BCUT2D eigenvalue weighted by atomic mass is 9.83. The van der Waals surface area contributed by atoms with Gasteiger partial charge in [0.05, 0.1) is 11.4 Å². The Kier molecular flexibility index (Phi) is 9.68. The highest BCUT2D eigenvalue weighted by Crippen LogP contribution is 2.52. The van der Waals surface area contributed by atoms with Crippen LogP contribution < -0.4 is 9.80 Å². The number of hydrogen-bond acceptors (Lipinski definition) is 2. The molecule has 2 heteroatoms. The highest BCUT2D eigenvalue weighted by Gasteiger charge is 2.27. The number of para-hydroxylation sites is 2. The van der Waals surface area contributed by atoms with Crippen molar-refractivity contribution in [2.24, 2.45) is 0 Å². The standard InChI is InChI=1S/C60H52N2/c1-39-18-24-43(25-19-39)45-28-22-41(3)54(36-45)61(50-14-10-8-11-15-50)56-38-57(53-33-31-48-35-49(60(5,6)7)34-47-30-32-52(56)59(53)58(47)48)62(51-16-12-9-13-17-51)55-37-46(29-23-42(55)4)44-26-20-40(2)21-27-44/h8-38H,1-7H3. The van der Waals surface area contributed by atoms with Gasteiger partial charge in [0.2, 0.25) is 0 Å². The van der Waals surface area contributed by atoms with Crippen LogP contribution in [0, 0.1) is 27.7 Å². The molecule has 0 N–H and O–H groups in total. The molecule has 0 aromatic heterocycles. The zero-order chi connectivity index (χ0) is 42.7. The number of benzene rings is 10. The molecular formula is C60H52N2. The fourth-order valence-electron chi connectivity index (χ4n) is 9.20. The second-order valence-electron chi connectivity index (χ2n) is 18.1. The molecule has 62 heavy (non-hydrogen) atoms. The number of rotatable bonds is 8. The zero-order valence-corrected chi connectivity index (χ0v) is 36.8. The van der Waals surface area contributed by atoms with Crippen molar-refractivity contribution in [3.05, 3.63) is 216 Å². The third kappa shape index (κ3) is 6.96. The minimum absolute atomic E-state index is 0.00891. The number of aryl methyl sites for hydroxylation is 4. The quantitative estimate of drug-likeness (QED) is 0.141. The Labute approximate surface area is 366 Å². The van der Waals surface area contributed by atoms with Crippen molar-refractivity contribution in [1.29, 1.82) is 0 Å². The Morgan fingerprint density at radius 3 is 1.15 bits per heavy atom. The summed E-state index contributed by atoms with van der Waals surface area (Å²) in [5.41, 5.74) is 17.8. The van der Waals surface area contributed by atoms with E-state index in [1.807, 2.05) is 0 Å². The van der Waals surface area contributed by atoms with Gasteiger partial charge in [-0.3, -0.25) is 0 Å². The largest absolute Gasteiger partial charge is 0.310 e. The lowest BCUT2D eigenvalue weighted by Crippen LogP contribution is -2.16. The molecule has 0 aliphatic rings. The van der Waals surface area contributed by atoms with E-state index < -0.39 is 0 Å². The van der Waals surface area contributed by atoms with Crippen molar-refractivity contribution in [3.8, 4) is 22.3 Å². The topological polar surface area (TPSA) is 6.48 Å². The fraction of sp³-hybridized carbons (Fsp3) is 0.133. The molecule has 0 radical (unpaired) electrons. The summed E-state index contributed by atoms with van der Waals surface area (Å²) in [7, 11) is 0. The van der Waals surface area contributed by atoms with Gasteiger partial charge in [-0.15, -0.1) is 0 Å². The van der Waals surface area contributed by atoms with Gasteiger partial charge in [0.1, 0.15) is 0 Å². The van der Waals surface area contributed by atoms with E-state index in [9.17, 15) is 0 Å². The normalized spacial score (nSPS) is 11.8. The highest BCUT2D eigenvalue weighted by molar-refractivity contribution is 6.29. The van der Waals surface area contributed by atoms with Crippen LogP contribution in [-0.4, -0.2) is 0 Å². The van der Waals surface area contributed by atoms with E-state index in [4.69, 9.17) is 0 Å². The first-order chi connectivity index (χ1) is 30.0. The van der Waals surface area contributed by atoms with Crippen molar-refractivity contribution < 1.29 is 0 Å². The van der Waals surface area contributed by atoms with Crippen molar-refractivity contribution in [2.45, 2.75) is 53.9 Å². The second kappa shape index (κ2) is 15.4. The molecule has 2 nitrogen and oxygen atoms in total. The number of nitrogens with zero attached hydrogens (tertiary/aromatic N) is 2. The summed E-state index contributed by atoms with van der Waals surface area (Å²) < 4.78 is 0. The van der Waals surface area contributed by atoms with Crippen LogP contribution in [0.2, 0.25) is 0 Å². The van der Waals surface area contributed by atoms with Gasteiger partial charge in [-0.1, -0.05) is 177 Å². The maximum Gasteiger partial charge on any atom is 0.0561 e. The number of anilines is 6. The zero-order valence-electron chi connectivity index (χ0n) is 36.8. The van der Waals surface area contributed by atoms with Crippen LogP contribution in [0.4, 0.5) is 34.1 Å². The first-order valence-electron chi connectivity index (χ1n) is 21.8. The summed E-state index contributed by atoms with van der Waals surface area (Å²) in [6.07, 6.45) is 0. The van der Waals surface area contributed by atoms with Crippen molar-refractivity contribution in [3.63, 3.8) is 0 Å². The third-order valence-electron chi connectivity index (χ3n) is 12.7. The Balaban J connectivity index is 1.33. The van der Waals surface area contributed by atoms with E-state index in [-0.39, 0.29) is 5.41 Å². The summed E-state index contributed by atoms with van der Waals surface area (Å²) >= 11 is 0. The van der Waals surface area contributed by atoms with Gasteiger partial charge in [0.25, 0.3) is 0 Å². The maximum atomic E-state index is 2.50. The van der Waals surface area contributed by atoms with Gasteiger partial charge in [-0.05, 0) is 131 Å². The van der Waals surface area contributed by atoms with Gasteiger partial charge >= 0.3 is 0 Å². The highest BCUT2D eigenvalue weighted by atomic mass is 15.2. The summed E-state index contributed by atoms with van der Waals surface area (Å²) in [4.78, 5) is 5.00. The van der Waals surface area contributed by atoms with Gasteiger partial charge in [0, 0.05) is 38.9 Å². The maximum absolute atomic E-state index is 2.50. The first kappa shape index (κ1) is 39.0. The molecule has 0 saturated carbocycles. The summed E-state index contributed by atoms with van der Waals surface area (Å²) in [5.74, 6) is 0. The molecule has 10 aromatic carbocycles. The molecule has 0 bridgehead atoms. The molecule has 10 rings (SSSR count). The molecule has 0 fully saturated rings. The van der Waals surface area contributed by atoms with E-state index in [1.54, 1.807) is 0 Å². The molecule has 0 saturated heterocycles. The predicted octanol–water partition coefficient (Wildman–Crippen LogP) is 17.4. The van der Waals surface area contributed by atoms with E-state index in [0.29, 0.717) is 0 Å². The Hall–Kier alpha value is -7.16. The monoisotopic (exact) mass is 800 g/mol. The molecule has 0 aliphatic carbocycles. The second-order valence-corrected chi connectivity index (χ2v) is 18.1. The summed E-state index contributed by atoms with van der Waals surface area (Å²) in [6.45, 7) is 15.7. The Bertz CT molecular complexity index is 3020. The lowest BCUT2D eigenvalue weighted by Gasteiger charge is -2.34.